The number of hydrogen-bond donors (Lipinski definition) is 0. The van der Waals surface area contributed by atoms with Gasteiger partial charge in [0.1, 0.15) is 29.3 Å². The zero-order valence-electron chi connectivity index (χ0n) is 20.8. The van der Waals surface area contributed by atoms with E-state index in [1.54, 1.807) is 30.1 Å². The van der Waals surface area contributed by atoms with Crippen molar-refractivity contribution in [3.63, 3.8) is 0 Å². The first-order valence-corrected chi connectivity index (χ1v) is 14.2. The highest BCUT2D eigenvalue weighted by Crippen LogP contribution is 2.33. The maximum absolute atomic E-state index is 12.8. The van der Waals surface area contributed by atoms with Gasteiger partial charge in [-0.2, -0.15) is 0 Å². The molecule has 1 fully saturated rings. The first-order chi connectivity index (χ1) is 18.7. The number of thiocarbonyl (C=S) groups is 1. The molecular weight excluding hydrogens is 581 g/mol. The Morgan fingerprint density at radius 2 is 1.95 bits per heavy atom. The van der Waals surface area contributed by atoms with E-state index in [1.807, 2.05) is 24.3 Å². The predicted molar refractivity (Wildman–Crippen MR) is 157 cm³/mol. The smallest absolute Gasteiger partial charge is 0.414 e. The number of rotatable bonds is 6. The zero-order chi connectivity index (χ0) is 27.7. The largest absolute Gasteiger partial charge is 0.462 e. The molecule has 3 amide bonds. The molecule has 2 aliphatic heterocycles. The summed E-state index contributed by atoms with van der Waals surface area (Å²) in [7, 11) is 1.61. The summed E-state index contributed by atoms with van der Waals surface area (Å²) in [4.78, 5) is 42.0. The number of benzene rings is 2. The molecule has 0 N–H and O–H groups in total. The molecule has 202 valence electrons. The van der Waals surface area contributed by atoms with Crippen molar-refractivity contribution in [2.24, 2.45) is 0 Å². The Kier molecular flexibility index (Phi) is 8.18. The maximum Gasteiger partial charge on any atom is 0.414 e. The fourth-order valence-electron chi connectivity index (χ4n) is 4.44. The van der Waals surface area contributed by atoms with Crippen molar-refractivity contribution >= 4 is 91.6 Å². The van der Waals surface area contributed by atoms with Crippen molar-refractivity contribution in [1.29, 1.82) is 0 Å². The fraction of sp³-hybridized carbons (Fsp3) is 0.259. The van der Waals surface area contributed by atoms with E-state index in [1.165, 1.54) is 27.8 Å². The predicted octanol–water partition coefficient (Wildman–Crippen LogP) is 5.99. The Morgan fingerprint density at radius 3 is 2.62 bits per heavy atom. The van der Waals surface area contributed by atoms with Crippen LogP contribution in [-0.4, -0.2) is 64.5 Å². The van der Waals surface area contributed by atoms with Gasteiger partial charge in [-0.05, 0) is 53.5 Å². The van der Waals surface area contributed by atoms with Gasteiger partial charge in [-0.25, -0.2) is 4.79 Å². The van der Waals surface area contributed by atoms with Crippen LogP contribution in [0.4, 0.5) is 10.5 Å². The Morgan fingerprint density at radius 1 is 1.18 bits per heavy atom. The van der Waals surface area contributed by atoms with Crippen LogP contribution in [0, 0.1) is 0 Å². The van der Waals surface area contributed by atoms with E-state index < -0.39 is 6.09 Å². The first-order valence-electron chi connectivity index (χ1n) is 12.0. The summed E-state index contributed by atoms with van der Waals surface area (Å²) in [6.07, 6.45) is 3.62. The Hall–Kier alpha value is -3.05. The van der Waals surface area contributed by atoms with Gasteiger partial charge in [0.2, 0.25) is 11.8 Å². The van der Waals surface area contributed by atoms with E-state index in [-0.39, 0.29) is 25.0 Å². The summed E-state index contributed by atoms with van der Waals surface area (Å²) < 4.78 is 11.6. The van der Waals surface area contributed by atoms with E-state index in [4.69, 9.17) is 44.6 Å². The minimum Gasteiger partial charge on any atom is -0.462 e. The van der Waals surface area contributed by atoms with E-state index in [0.29, 0.717) is 56.5 Å². The first kappa shape index (κ1) is 27.5. The van der Waals surface area contributed by atoms with Crippen LogP contribution in [-0.2, 0) is 20.9 Å². The highest BCUT2D eigenvalue weighted by atomic mass is 35.5. The third-order valence-electron chi connectivity index (χ3n) is 6.54. The van der Waals surface area contributed by atoms with Gasteiger partial charge in [0.05, 0.1) is 11.4 Å². The number of hydrogen-bond acceptors (Lipinski definition) is 7. The van der Waals surface area contributed by atoms with Crippen molar-refractivity contribution < 1.29 is 23.5 Å². The molecule has 1 saturated heterocycles. The molecule has 0 bridgehead atoms. The van der Waals surface area contributed by atoms with Crippen molar-refractivity contribution in [1.82, 2.24) is 9.80 Å². The summed E-state index contributed by atoms with van der Waals surface area (Å²) in [5.41, 5.74) is 3.93. The van der Waals surface area contributed by atoms with E-state index >= 15 is 0 Å². The fourth-order valence-corrected chi connectivity index (χ4v) is 6.08. The number of fused-ring (bicyclic) bond motifs is 1. The number of carbonyl (C=O) groups excluding carboxylic acids is 3. The van der Waals surface area contributed by atoms with Gasteiger partial charge < -0.3 is 14.1 Å². The normalized spacial score (nSPS) is 15.6. The molecule has 3 heterocycles. The molecule has 12 heteroatoms. The molecule has 3 aromatic rings. The van der Waals surface area contributed by atoms with Crippen LogP contribution in [0.1, 0.15) is 17.5 Å². The highest BCUT2D eigenvalue weighted by molar-refractivity contribution is 8.23. The standard InChI is InChI=1S/C27H23Cl2N3O5S2/c1-30(26(35)37-13-16-8-19(28)11-20(29)9-16)22-14-36-23-3-2-18(10-21(22)23)17-4-6-31(7-5-17)24(33)12-32-25(34)15-39-27(32)38/h2-4,8-11,14H,5-7,12-13,15H2,1H3. The van der Waals surface area contributed by atoms with Crippen LogP contribution in [0.25, 0.3) is 16.5 Å². The minimum absolute atomic E-state index is 0.0170. The Labute approximate surface area is 244 Å². The van der Waals surface area contributed by atoms with Gasteiger partial charge in [0, 0.05) is 35.6 Å². The van der Waals surface area contributed by atoms with E-state index in [2.05, 4.69) is 0 Å². The second-order valence-electron chi connectivity index (χ2n) is 9.08. The van der Waals surface area contributed by atoms with Gasteiger partial charge in [0.15, 0.2) is 0 Å². The lowest BCUT2D eigenvalue weighted by Gasteiger charge is -2.28. The highest BCUT2D eigenvalue weighted by Gasteiger charge is 2.30. The number of halogens is 2. The van der Waals surface area contributed by atoms with Crippen molar-refractivity contribution in [2.45, 2.75) is 13.0 Å². The van der Waals surface area contributed by atoms with Crippen molar-refractivity contribution in [3.05, 3.63) is 69.9 Å². The number of thioether (sulfide) groups is 1. The number of anilines is 1. The molecule has 0 radical (unpaired) electrons. The van der Waals surface area contributed by atoms with E-state index in [9.17, 15) is 14.4 Å². The summed E-state index contributed by atoms with van der Waals surface area (Å²) in [5.74, 6) is 0.0352. The van der Waals surface area contributed by atoms with Gasteiger partial charge >= 0.3 is 6.09 Å². The summed E-state index contributed by atoms with van der Waals surface area (Å²) in [5, 5.41) is 1.69. The third kappa shape index (κ3) is 6.09. The number of amides is 3. The molecule has 0 unspecified atom stereocenters. The topological polar surface area (TPSA) is 83.3 Å². The molecule has 5 rings (SSSR count). The Bertz CT molecular complexity index is 1490. The summed E-state index contributed by atoms with van der Waals surface area (Å²) in [6.45, 7) is 0.961. The van der Waals surface area contributed by atoms with Crippen molar-refractivity contribution in [3.8, 4) is 0 Å². The van der Waals surface area contributed by atoms with Crippen LogP contribution < -0.4 is 4.90 Å². The molecule has 2 aromatic carbocycles. The summed E-state index contributed by atoms with van der Waals surface area (Å²) in [6, 6.07) is 10.8. The number of furan rings is 1. The van der Waals surface area contributed by atoms with Gasteiger partial charge in [-0.1, -0.05) is 59.3 Å². The second kappa shape index (κ2) is 11.6. The van der Waals surface area contributed by atoms with Gasteiger partial charge in [-0.15, -0.1) is 0 Å². The lowest BCUT2D eigenvalue weighted by molar-refractivity contribution is -0.135. The summed E-state index contributed by atoms with van der Waals surface area (Å²) >= 11 is 18.5. The van der Waals surface area contributed by atoms with Crippen LogP contribution in [0.2, 0.25) is 10.0 Å². The molecule has 2 aliphatic rings. The quantitative estimate of drug-likeness (QED) is 0.320. The molecule has 0 atom stereocenters. The second-order valence-corrected chi connectivity index (χ2v) is 11.6. The number of nitrogens with zero attached hydrogens (tertiary/aromatic N) is 3. The molecule has 0 spiro atoms. The van der Waals surface area contributed by atoms with Crippen molar-refractivity contribution in [2.75, 3.05) is 37.3 Å². The zero-order valence-corrected chi connectivity index (χ0v) is 24.0. The maximum atomic E-state index is 12.8. The Balaban J connectivity index is 1.26. The molecular formula is C27H23Cl2N3O5S2. The van der Waals surface area contributed by atoms with Gasteiger partial charge in [0.25, 0.3) is 0 Å². The number of ether oxygens (including phenoxy) is 1. The molecule has 0 aliphatic carbocycles. The van der Waals surface area contributed by atoms with Crippen LogP contribution in [0.3, 0.4) is 0 Å². The molecule has 8 nitrogen and oxygen atoms in total. The molecule has 39 heavy (non-hydrogen) atoms. The average molecular weight is 605 g/mol. The molecule has 1 aromatic heterocycles. The van der Waals surface area contributed by atoms with Gasteiger partial charge in [-0.3, -0.25) is 19.4 Å². The monoisotopic (exact) mass is 603 g/mol. The minimum atomic E-state index is -0.556. The van der Waals surface area contributed by atoms with E-state index in [0.717, 1.165) is 16.5 Å². The van der Waals surface area contributed by atoms with Crippen LogP contribution in [0.15, 0.2) is 53.2 Å². The molecule has 0 saturated carbocycles. The van der Waals surface area contributed by atoms with Crippen LogP contribution >= 0.6 is 47.2 Å². The lowest BCUT2D eigenvalue weighted by atomic mass is 9.98. The number of carbonyl (C=O) groups is 3. The SMILES string of the molecule is CN(C(=O)OCc1cc(Cl)cc(Cl)c1)c1coc2ccc(C3=CCN(C(=O)CN4C(=O)CSC4=S)CC3)cc12. The average Bonchev–Trinajstić information content (AvgIpc) is 3.48. The third-order valence-corrected chi connectivity index (χ3v) is 8.41. The van der Waals surface area contributed by atoms with Crippen LogP contribution in [0.5, 0.6) is 0 Å². The lowest BCUT2D eigenvalue weighted by Crippen LogP contribution is -2.43.